The van der Waals surface area contributed by atoms with Gasteiger partial charge in [-0.3, -0.25) is 4.79 Å². The molecule has 2 atom stereocenters. The second-order valence-corrected chi connectivity index (χ2v) is 7.46. The number of thioether (sulfide) groups is 1. The van der Waals surface area contributed by atoms with Crippen LogP contribution in [0.25, 0.3) is 0 Å². The largest absolute Gasteiger partial charge is 0.336 e. The standard InChI is InChI=1S/C12H17BrN4OS/c1-7-5-17(6-8(2)19-7)12(18)10-3-9(13)4-15-11(10)16-14/h3-4,7-8H,5-6,14H2,1-2H3,(H,15,16). The molecule has 2 heterocycles. The first-order valence-corrected chi connectivity index (χ1v) is 7.81. The summed E-state index contributed by atoms with van der Waals surface area (Å²) in [6, 6.07) is 1.75. The van der Waals surface area contributed by atoms with E-state index in [4.69, 9.17) is 5.84 Å². The first-order valence-electron chi connectivity index (χ1n) is 6.08. The molecule has 19 heavy (non-hydrogen) atoms. The number of rotatable bonds is 2. The van der Waals surface area contributed by atoms with E-state index in [9.17, 15) is 4.79 Å². The summed E-state index contributed by atoms with van der Waals surface area (Å²) in [6.07, 6.45) is 1.61. The maximum Gasteiger partial charge on any atom is 0.257 e. The number of aromatic nitrogens is 1. The van der Waals surface area contributed by atoms with Gasteiger partial charge in [0.15, 0.2) is 5.82 Å². The fourth-order valence-corrected chi connectivity index (χ4v) is 3.89. The molecule has 1 aliphatic rings. The molecule has 1 aliphatic heterocycles. The Kier molecular flexibility index (Phi) is 4.70. The number of pyridine rings is 1. The second-order valence-electron chi connectivity index (χ2n) is 4.66. The lowest BCUT2D eigenvalue weighted by molar-refractivity contribution is 0.0754. The number of nitrogens with one attached hydrogen (secondary N) is 1. The highest BCUT2D eigenvalue weighted by Crippen LogP contribution is 2.27. The van der Waals surface area contributed by atoms with Gasteiger partial charge in [0.25, 0.3) is 5.91 Å². The van der Waals surface area contributed by atoms with Crippen LogP contribution in [-0.2, 0) is 0 Å². The Morgan fingerprint density at radius 3 is 2.74 bits per heavy atom. The van der Waals surface area contributed by atoms with Gasteiger partial charge >= 0.3 is 0 Å². The van der Waals surface area contributed by atoms with Crippen LogP contribution < -0.4 is 11.3 Å². The van der Waals surface area contributed by atoms with E-state index in [0.717, 1.165) is 17.6 Å². The van der Waals surface area contributed by atoms with Gasteiger partial charge in [-0.05, 0) is 22.0 Å². The number of hydrazine groups is 1. The van der Waals surface area contributed by atoms with E-state index in [2.05, 4.69) is 40.2 Å². The minimum atomic E-state index is -0.0271. The normalized spacial score (nSPS) is 23.3. The predicted molar refractivity (Wildman–Crippen MR) is 82.2 cm³/mol. The van der Waals surface area contributed by atoms with Gasteiger partial charge in [0, 0.05) is 34.3 Å². The fourth-order valence-electron chi connectivity index (χ4n) is 2.23. The summed E-state index contributed by atoms with van der Waals surface area (Å²) < 4.78 is 0.766. The molecule has 2 unspecified atom stereocenters. The molecule has 1 amide bonds. The number of hydrogen-bond acceptors (Lipinski definition) is 5. The highest BCUT2D eigenvalue weighted by molar-refractivity contribution is 9.10. The first kappa shape index (κ1) is 14.6. The average Bonchev–Trinajstić information content (AvgIpc) is 2.36. The summed E-state index contributed by atoms with van der Waals surface area (Å²) in [7, 11) is 0. The topological polar surface area (TPSA) is 71.2 Å². The Bertz CT molecular complexity index is 475. The molecule has 2 rings (SSSR count). The van der Waals surface area contributed by atoms with Crippen LogP contribution in [0.5, 0.6) is 0 Å². The average molecular weight is 345 g/mol. The van der Waals surface area contributed by atoms with E-state index in [1.165, 1.54) is 0 Å². The fraction of sp³-hybridized carbons (Fsp3) is 0.500. The molecular weight excluding hydrogens is 328 g/mol. The minimum Gasteiger partial charge on any atom is -0.336 e. The van der Waals surface area contributed by atoms with E-state index in [1.54, 1.807) is 12.3 Å². The van der Waals surface area contributed by atoms with Crippen LogP contribution >= 0.6 is 27.7 Å². The maximum absolute atomic E-state index is 12.6. The Morgan fingerprint density at radius 1 is 1.53 bits per heavy atom. The summed E-state index contributed by atoms with van der Waals surface area (Å²) in [6.45, 7) is 5.79. The molecule has 0 saturated carbocycles. The molecular formula is C12H17BrN4OS. The first-order chi connectivity index (χ1) is 9.01. The van der Waals surface area contributed by atoms with Crippen molar-refractivity contribution in [1.82, 2.24) is 9.88 Å². The second kappa shape index (κ2) is 6.11. The van der Waals surface area contributed by atoms with Crippen molar-refractivity contribution in [3.05, 3.63) is 22.3 Å². The number of nitrogens with zero attached hydrogens (tertiary/aromatic N) is 2. The third-order valence-electron chi connectivity index (χ3n) is 2.93. The van der Waals surface area contributed by atoms with Crippen molar-refractivity contribution in [2.45, 2.75) is 24.3 Å². The van der Waals surface area contributed by atoms with E-state index in [1.807, 2.05) is 16.7 Å². The van der Waals surface area contributed by atoms with E-state index in [0.29, 0.717) is 21.9 Å². The molecule has 0 bridgehead atoms. The summed E-state index contributed by atoms with van der Waals surface area (Å²) >= 11 is 5.25. The lowest BCUT2D eigenvalue weighted by Gasteiger charge is -2.34. The smallest absolute Gasteiger partial charge is 0.257 e. The van der Waals surface area contributed by atoms with Crippen LogP contribution in [-0.4, -0.2) is 39.4 Å². The van der Waals surface area contributed by atoms with Crippen LogP contribution in [0.15, 0.2) is 16.7 Å². The molecule has 0 aliphatic carbocycles. The zero-order valence-corrected chi connectivity index (χ0v) is 13.3. The number of nitrogen functional groups attached to an aromatic ring is 1. The van der Waals surface area contributed by atoms with Gasteiger partial charge in [-0.15, -0.1) is 0 Å². The molecule has 1 fully saturated rings. The Hall–Kier alpha value is -0.790. The lowest BCUT2D eigenvalue weighted by Crippen LogP contribution is -2.44. The van der Waals surface area contributed by atoms with Crippen molar-refractivity contribution in [2.24, 2.45) is 5.84 Å². The third kappa shape index (κ3) is 3.40. The third-order valence-corrected chi connectivity index (χ3v) is 4.59. The number of anilines is 1. The molecule has 0 spiro atoms. The lowest BCUT2D eigenvalue weighted by atomic mass is 10.2. The predicted octanol–water partition coefficient (Wildman–Crippen LogP) is 2.10. The summed E-state index contributed by atoms with van der Waals surface area (Å²) in [5.74, 6) is 5.80. The van der Waals surface area contributed by atoms with Crippen LogP contribution in [0, 0.1) is 0 Å². The Balaban J connectivity index is 2.26. The van der Waals surface area contributed by atoms with Gasteiger partial charge in [0.2, 0.25) is 0 Å². The molecule has 1 aromatic heterocycles. The molecule has 1 saturated heterocycles. The van der Waals surface area contributed by atoms with Gasteiger partial charge in [-0.25, -0.2) is 10.8 Å². The SMILES string of the molecule is CC1CN(C(=O)c2cc(Br)cnc2NN)CC(C)S1. The van der Waals surface area contributed by atoms with Crippen LogP contribution in [0.3, 0.4) is 0 Å². The number of carbonyl (C=O) groups is 1. The summed E-state index contributed by atoms with van der Waals surface area (Å²) in [5, 5.41) is 0.893. The Morgan fingerprint density at radius 2 is 2.16 bits per heavy atom. The van der Waals surface area contributed by atoms with Crippen LogP contribution in [0.4, 0.5) is 5.82 Å². The van der Waals surface area contributed by atoms with E-state index in [-0.39, 0.29) is 5.91 Å². The molecule has 1 aromatic rings. The van der Waals surface area contributed by atoms with Crippen molar-refractivity contribution in [1.29, 1.82) is 0 Å². The van der Waals surface area contributed by atoms with Crippen molar-refractivity contribution < 1.29 is 4.79 Å². The zero-order valence-electron chi connectivity index (χ0n) is 10.9. The number of nitrogens with two attached hydrogens (primary N) is 1. The van der Waals surface area contributed by atoms with E-state index >= 15 is 0 Å². The zero-order chi connectivity index (χ0) is 14.0. The van der Waals surface area contributed by atoms with Gasteiger partial charge in [0.05, 0.1) is 5.56 Å². The maximum atomic E-state index is 12.6. The monoisotopic (exact) mass is 344 g/mol. The van der Waals surface area contributed by atoms with Crippen molar-refractivity contribution in [3.8, 4) is 0 Å². The van der Waals surface area contributed by atoms with Crippen LogP contribution in [0.1, 0.15) is 24.2 Å². The number of carbonyl (C=O) groups excluding carboxylic acids is 1. The van der Waals surface area contributed by atoms with Crippen molar-refractivity contribution in [3.63, 3.8) is 0 Å². The van der Waals surface area contributed by atoms with Gasteiger partial charge in [0.1, 0.15) is 0 Å². The molecule has 3 N–H and O–H groups in total. The number of hydrogen-bond donors (Lipinski definition) is 2. The summed E-state index contributed by atoms with van der Waals surface area (Å²) in [5.41, 5.74) is 2.98. The molecule has 104 valence electrons. The highest BCUT2D eigenvalue weighted by atomic mass is 79.9. The highest BCUT2D eigenvalue weighted by Gasteiger charge is 2.28. The van der Waals surface area contributed by atoms with E-state index < -0.39 is 0 Å². The molecule has 7 heteroatoms. The Labute approximate surface area is 125 Å². The summed E-state index contributed by atoms with van der Waals surface area (Å²) in [4.78, 5) is 18.6. The quantitative estimate of drug-likeness (QED) is 0.634. The minimum absolute atomic E-state index is 0.0271. The van der Waals surface area contributed by atoms with Crippen molar-refractivity contribution >= 4 is 39.4 Å². The van der Waals surface area contributed by atoms with Gasteiger partial charge in [-0.2, -0.15) is 11.8 Å². The van der Waals surface area contributed by atoms with Crippen molar-refractivity contribution in [2.75, 3.05) is 18.5 Å². The number of halogens is 1. The van der Waals surface area contributed by atoms with Gasteiger partial charge < -0.3 is 10.3 Å². The van der Waals surface area contributed by atoms with Crippen LogP contribution in [0.2, 0.25) is 0 Å². The number of amides is 1. The van der Waals surface area contributed by atoms with Gasteiger partial charge in [-0.1, -0.05) is 13.8 Å². The molecule has 0 radical (unpaired) electrons. The molecule has 0 aromatic carbocycles. The molecule has 5 nitrogen and oxygen atoms in total.